The fourth-order valence-corrected chi connectivity index (χ4v) is 3.44. The highest BCUT2D eigenvalue weighted by Gasteiger charge is 2.20. The molecular formula is C22H30N4O3. The second kappa shape index (κ2) is 9.22. The third kappa shape index (κ3) is 4.50. The van der Waals surface area contributed by atoms with Gasteiger partial charge in [-0.25, -0.2) is 9.78 Å². The predicted octanol–water partition coefficient (Wildman–Crippen LogP) is 2.94. The first kappa shape index (κ1) is 21.0. The highest BCUT2D eigenvalue weighted by molar-refractivity contribution is 5.70. The Kier molecular flexibility index (Phi) is 6.69. The van der Waals surface area contributed by atoms with Crippen molar-refractivity contribution in [3.05, 3.63) is 63.1 Å². The maximum absolute atomic E-state index is 13.2. The van der Waals surface area contributed by atoms with Crippen molar-refractivity contribution in [3.63, 3.8) is 0 Å². The molecule has 7 heteroatoms. The Balaban J connectivity index is 2.11. The van der Waals surface area contributed by atoms with E-state index in [0.29, 0.717) is 35.7 Å². The zero-order chi connectivity index (χ0) is 21.0. The Labute approximate surface area is 170 Å². The van der Waals surface area contributed by atoms with Gasteiger partial charge in [0.1, 0.15) is 0 Å². The summed E-state index contributed by atoms with van der Waals surface area (Å²) in [4.78, 5) is 30.8. The number of imidazole rings is 1. The first-order valence-corrected chi connectivity index (χ1v) is 10.4. The van der Waals surface area contributed by atoms with Crippen LogP contribution in [0.2, 0.25) is 0 Å². The third-order valence-corrected chi connectivity index (χ3v) is 5.21. The molecule has 0 radical (unpaired) electrons. The van der Waals surface area contributed by atoms with Crippen LogP contribution in [0.15, 0.2) is 46.2 Å². The fourth-order valence-electron chi connectivity index (χ4n) is 3.44. The summed E-state index contributed by atoms with van der Waals surface area (Å²) >= 11 is 0. The minimum absolute atomic E-state index is 0.0842. The maximum Gasteiger partial charge on any atom is 0.332 e. The Morgan fingerprint density at radius 1 is 1.07 bits per heavy atom. The molecular weight excluding hydrogens is 368 g/mol. The van der Waals surface area contributed by atoms with E-state index in [2.05, 4.69) is 25.8 Å². The highest BCUT2D eigenvalue weighted by atomic mass is 16.3. The SMILES string of the molecule is CCCCn1c(=O)n(C[C@H](O)c2ccccc2)c(=O)c2c1ncn2CCC(C)C. The summed E-state index contributed by atoms with van der Waals surface area (Å²) in [6, 6.07) is 9.09. The molecule has 0 fully saturated rings. The van der Waals surface area contributed by atoms with Crippen LogP contribution in [-0.4, -0.2) is 23.8 Å². The Hall–Kier alpha value is -2.67. The van der Waals surface area contributed by atoms with E-state index in [9.17, 15) is 14.7 Å². The van der Waals surface area contributed by atoms with E-state index in [1.54, 1.807) is 23.0 Å². The van der Waals surface area contributed by atoms with Gasteiger partial charge in [-0.3, -0.25) is 13.9 Å². The van der Waals surface area contributed by atoms with Gasteiger partial charge in [0, 0.05) is 13.1 Å². The summed E-state index contributed by atoms with van der Waals surface area (Å²) in [5, 5.41) is 10.6. The molecule has 0 spiro atoms. The van der Waals surface area contributed by atoms with Crippen molar-refractivity contribution in [3.8, 4) is 0 Å². The van der Waals surface area contributed by atoms with Crippen LogP contribution < -0.4 is 11.2 Å². The van der Waals surface area contributed by atoms with E-state index in [1.807, 2.05) is 22.8 Å². The van der Waals surface area contributed by atoms with Gasteiger partial charge in [-0.2, -0.15) is 0 Å². The van der Waals surface area contributed by atoms with Gasteiger partial charge in [0.2, 0.25) is 0 Å². The summed E-state index contributed by atoms with van der Waals surface area (Å²) in [6.45, 7) is 7.39. The van der Waals surface area contributed by atoms with Gasteiger partial charge >= 0.3 is 5.69 Å². The van der Waals surface area contributed by atoms with Crippen LogP contribution in [0, 0.1) is 5.92 Å². The molecule has 3 rings (SSSR count). The number of aromatic nitrogens is 4. The molecule has 0 bridgehead atoms. The van der Waals surface area contributed by atoms with Crippen LogP contribution in [-0.2, 0) is 19.6 Å². The molecule has 0 aliphatic rings. The third-order valence-electron chi connectivity index (χ3n) is 5.21. The molecule has 0 amide bonds. The Morgan fingerprint density at radius 3 is 2.45 bits per heavy atom. The molecule has 1 atom stereocenters. The smallest absolute Gasteiger partial charge is 0.332 e. The van der Waals surface area contributed by atoms with E-state index < -0.39 is 17.4 Å². The summed E-state index contributed by atoms with van der Waals surface area (Å²) in [7, 11) is 0. The number of nitrogens with zero attached hydrogens (tertiary/aromatic N) is 4. The summed E-state index contributed by atoms with van der Waals surface area (Å²) < 4.78 is 4.57. The number of aliphatic hydroxyl groups is 1. The van der Waals surface area contributed by atoms with E-state index in [-0.39, 0.29) is 6.54 Å². The van der Waals surface area contributed by atoms with Crippen molar-refractivity contribution in [2.45, 2.75) is 65.8 Å². The average Bonchev–Trinajstić information content (AvgIpc) is 3.14. The van der Waals surface area contributed by atoms with E-state index in [4.69, 9.17) is 0 Å². The van der Waals surface area contributed by atoms with Gasteiger partial charge in [-0.05, 0) is 24.3 Å². The van der Waals surface area contributed by atoms with Crippen molar-refractivity contribution in [1.82, 2.24) is 18.7 Å². The number of rotatable bonds is 9. The molecule has 2 heterocycles. The molecule has 2 aromatic heterocycles. The molecule has 0 aliphatic carbocycles. The molecule has 1 N–H and O–H groups in total. The Morgan fingerprint density at radius 2 is 1.79 bits per heavy atom. The summed E-state index contributed by atoms with van der Waals surface area (Å²) in [5.74, 6) is 0.487. The number of hydrogen-bond acceptors (Lipinski definition) is 4. The average molecular weight is 399 g/mol. The molecule has 0 aliphatic heterocycles. The van der Waals surface area contributed by atoms with Gasteiger partial charge in [-0.15, -0.1) is 0 Å². The number of hydrogen-bond donors (Lipinski definition) is 1. The molecule has 0 saturated heterocycles. The quantitative estimate of drug-likeness (QED) is 0.601. The van der Waals surface area contributed by atoms with Crippen LogP contribution in [0.25, 0.3) is 11.2 Å². The van der Waals surface area contributed by atoms with Gasteiger partial charge in [0.05, 0.1) is 19.0 Å². The van der Waals surface area contributed by atoms with Crippen molar-refractivity contribution in [2.75, 3.05) is 0 Å². The molecule has 0 unspecified atom stereocenters. The van der Waals surface area contributed by atoms with Gasteiger partial charge < -0.3 is 9.67 Å². The lowest BCUT2D eigenvalue weighted by Crippen LogP contribution is -2.42. The normalized spacial score (nSPS) is 12.7. The molecule has 0 saturated carbocycles. The lowest BCUT2D eigenvalue weighted by Gasteiger charge is -2.16. The van der Waals surface area contributed by atoms with Crippen LogP contribution in [0.4, 0.5) is 0 Å². The van der Waals surface area contributed by atoms with Crippen LogP contribution in [0.5, 0.6) is 0 Å². The summed E-state index contributed by atoms with van der Waals surface area (Å²) in [5.41, 5.74) is 0.727. The largest absolute Gasteiger partial charge is 0.387 e. The number of aliphatic hydroxyl groups excluding tert-OH is 1. The zero-order valence-electron chi connectivity index (χ0n) is 17.4. The van der Waals surface area contributed by atoms with Gasteiger partial charge in [-0.1, -0.05) is 57.5 Å². The first-order valence-electron chi connectivity index (χ1n) is 10.4. The predicted molar refractivity (Wildman–Crippen MR) is 114 cm³/mol. The van der Waals surface area contributed by atoms with Gasteiger partial charge in [0.15, 0.2) is 11.2 Å². The lowest BCUT2D eigenvalue weighted by atomic mass is 10.1. The maximum atomic E-state index is 13.2. The number of benzene rings is 1. The molecule has 29 heavy (non-hydrogen) atoms. The van der Waals surface area contributed by atoms with Crippen LogP contribution in [0.3, 0.4) is 0 Å². The Bertz CT molecular complexity index is 1060. The fraction of sp³-hybridized carbons (Fsp3) is 0.500. The topological polar surface area (TPSA) is 82.0 Å². The minimum atomic E-state index is -0.939. The second-order valence-corrected chi connectivity index (χ2v) is 7.92. The molecule has 3 aromatic rings. The summed E-state index contributed by atoms with van der Waals surface area (Å²) in [6.07, 6.45) is 3.35. The van der Waals surface area contributed by atoms with Crippen molar-refractivity contribution in [1.29, 1.82) is 0 Å². The van der Waals surface area contributed by atoms with E-state index in [0.717, 1.165) is 23.8 Å². The highest BCUT2D eigenvalue weighted by Crippen LogP contribution is 2.15. The van der Waals surface area contributed by atoms with Crippen molar-refractivity contribution < 1.29 is 5.11 Å². The monoisotopic (exact) mass is 398 g/mol. The van der Waals surface area contributed by atoms with Crippen molar-refractivity contribution >= 4 is 11.2 Å². The molecule has 156 valence electrons. The number of unbranched alkanes of at least 4 members (excludes halogenated alkanes) is 1. The van der Waals surface area contributed by atoms with Crippen molar-refractivity contribution in [2.24, 2.45) is 5.92 Å². The number of fused-ring (bicyclic) bond motifs is 1. The van der Waals surface area contributed by atoms with Gasteiger partial charge in [0.25, 0.3) is 5.56 Å². The molecule has 1 aromatic carbocycles. The lowest BCUT2D eigenvalue weighted by molar-refractivity contribution is 0.152. The van der Waals surface area contributed by atoms with E-state index >= 15 is 0 Å². The number of aryl methyl sites for hydroxylation is 2. The zero-order valence-corrected chi connectivity index (χ0v) is 17.4. The van der Waals surface area contributed by atoms with E-state index in [1.165, 1.54) is 0 Å². The van der Waals surface area contributed by atoms with Crippen LogP contribution >= 0.6 is 0 Å². The second-order valence-electron chi connectivity index (χ2n) is 7.92. The standard InChI is InChI=1S/C22H30N4O3/c1-4-5-12-25-20-19(24(15-23-20)13-11-16(2)3)21(28)26(22(25)29)14-18(27)17-9-7-6-8-10-17/h6-10,15-16,18,27H,4-5,11-14H2,1-3H3/t18-/m0/s1. The minimum Gasteiger partial charge on any atom is -0.387 e. The van der Waals surface area contributed by atoms with Crippen LogP contribution in [0.1, 0.15) is 51.7 Å². The molecule has 7 nitrogen and oxygen atoms in total. The first-order chi connectivity index (χ1) is 13.9.